The van der Waals surface area contributed by atoms with E-state index in [9.17, 15) is 14.0 Å². The van der Waals surface area contributed by atoms with Crippen molar-refractivity contribution in [2.24, 2.45) is 5.41 Å². The standard InChI is InChI=1S/C21H26FN3O3/c1-2-28-20(27)21(15-17-5-7-18(22)8-6-17)10-3-12-24(16-21)19(26)9-14-25-13-4-11-23-25/h4-8,11,13H,2-3,9-10,12,14-16H2,1H3/t21-/m1/s1. The van der Waals surface area contributed by atoms with Crippen molar-refractivity contribution in [3.8, 4) is 0 Å². The van der Waals surface area contributed by atoms with Crippen LogP contribution in [0.4, 0.5) is 4.39 Å². The summed E-state index contributed by atoms with van der Waals surface area (Å²) in [6.07, 6.45) is 5.63. The first-order valence-corrected chi connectivity index (χ1v) is 9.69. The number of esters is 1. The lowest BCUT2D eigenvalue weighted by molar-refractivity contribution is -0.160. The summed E-state index contributed by atoms with van der Waals surface area (Å²) in [7, 11) is 0. The number of ether oxygens (including phenoxy) is 1. The first-order valence-electron chi connectivity index (χ1n) is 9.69. The highest BCUT2D eigenvalue weighted by Gasteiger charge is 2.44. The summed E-state index contributed by atoms with van der Waals surface area (Å²) >= 11 is 0. The van der Waals surface area contributed by atoms with Crippen molar-refractivity contribution >= 4 is 11.9 Å². The fourth-order valence-corrected chi connectivity index (χ4v) is 3.81. The van der Waals surface area contributed by atoms with Crippen LogP contribution < -0.4 is 0 Å². The van der Waals surface area contributed by atoms with Gasteiger partial charge in [0.25, 0.3) is 0 Å². The van der Waals surface area contributed by atoms with Crippen molar-refractivity contribution in [2.45, 2.75) is 39.2 Å². The normalized spacial score (nSPS) is 19.4. The van der Waals surface area contributed by atoms with Crippen LogP contribution in [0, 0.1) is 11.2 Å². The van der Waals surface area contributed by atoms with Gasteiger partial charge in [0.15, 0.2) is 0 Å². The smallest absolute Gasteiger partial charge is 0.314 e. The van der Waals surface area contributed by atoms with Crippen molar-refractivity contribution in [1.29, 1.82) is 0 Å². The molecule has 28 heavy (non-hydrogen) atoms. The van der Waals surface area contributed by atoms with Gasteiger partial charge in [-0.2, -0.15) is 5.10 Å². The SMILES string of the molecule is CCOC(=O)[C@@]1(Cc2ccc(F)cc2)CCCN(C(=O)CCn2cccn2)C1. The Balaban J connectivity index is 1.73. The minimum atomic E-state index is -0.798. The number of benzene rings is 1. The van der Waals surface area contributed by atoms with Gasteiger partial charge in [-0.05, 0) is 49.9 Å². The molecule has 7 heteroatoms. The number of halogens is 1. The Morgan fingerprint density at radius 3 is 2.75 bits per heavy atom. The molecule has 6 nitrogen and oxygen atoms in total. The first kappa shape index (κ1) is 20.0. The van der Waals surface area contributed by atoms with Crippen LogP contribution in [0.5, 0.6) is 0 Å². The van der Waals surface area contributed by atoms with E-state index in [-0.39, 0.29) is 24.3 Å². The quantitative estimate of drug-likeness (QED) is 0.686. The number of carbonyl (C=O) groups is 2. The van der Waals surface area contributed by atoms with Crippen LogP contribution in [-0.2, 0) is 27.3 Å². The van der Waals surface area contributed by atoms with E-state index in [4.69, 9.17) is 4.74 Å². The number of aryl methyl sites for hydroxylation is 1. The van der Waals surface area contributed by atoms with Gasteiger partial charge in [0.05, 0.1) is 12.0 Å². The highest BCUT2D eigenvalue weighted by atomic mass is 19.1. The van der Waals surface area contributed by atoms with Crippen LogP contribution in [-0.4, -0.2) is 46.3 Å². The number of rotatable bonds is 7. The van der Waals surface area contributed by atoms with E-state index >= 15 is 0 Å². The topological polar surface area (TPSA) is 64.4 Å². The van der Waals surface area contributed by atoms with E-state index in [2.05, 4.69) is 5.10 Å². The summed E-state index contributed by atoms with van der Waals surface area (Å²) in [5, 5.41) is 4.12. The Morgan fingerprint density at radius 2 is 2.07 bits per heavy atom. The molecule has 1 aromatic carbocycles. The van der Waals surface area contributed by atoms with Crippen molar-refractivity contribution in [2.75, 3.05) is 19.7 Å². The maximum atomic E-state index is 13.3. The van der Waals surface area contributed by atoms with Crippen molar-refractivity contribution in [3.63, 3.8) is 0 Å². The number of nitrogens with zero attached hydrogens (tertiary/aromatic N) is 3. The van der Waals surface area contributed by atoms with Crippen molar-refractivity contribution in [1.82, 2.24) is 14.7 Å². The molecule has 1 amide bonds. The van der Waals surface area contributed by atoms with Gasteiger partial charge in [-0.25, -0.2) is 4.39 Å². The van der Waals surface area contributed by atoms with Crippen LogP contribution in [0.2, 0.25) is 0 Å². The fraction of sp³-hybridized carbons (Fsp3) is 0.476. The molecule has 0 N–H and O–H groups in total. The zero-order chi connectivity index (χ0) is 20.0. The van der Waals surface area contributed by atoms with Crippen LogP contribution in [0.15, 0.2) is 42.7 Å². The Bertz CT molecular complexity index is 792. The monoisotopic (exact) mass is 387 g/mol. The van der Waals surface area contributed by atoms with E-state index in [0.717, 1.165) is 12.0 Å². The fourth-order valence-electron chi connectivity index (χ4n) is 3.81. The van der Waals surface area contributed by atoms with Crippen LogP contribution in [0.1, 0.15) is 31.7 Å². The van der Waals surface area contributed by atoms with Gasteiger partial charge in [0.2, 0.25) is 5.91 Å². The molecule has 1 saturated heterocycles. The third-order valence-electron chi connectivity index (χ3n) is 5.21. The molecule has 2 aromatic rings. The second-order valence-electron chi connectivity index (χ2n) is 7.24. The summed E-state index contributed by atoms with van der Waals surface area (Å²) < 4.78 is 20.3. The van der Waals surface area contributed by atoms with E-state index < -0.39 is 5.41 Å². The van der Waals surface area contributed by atoms with Crippen LogP contribution in [0.25, 0.3) is 0 Å². The Kier molecular flexibility index (Phi) is 6.44. The Morgan fingerprint density at radius 1 is 1.29 bits per heavy atom. The largest absolute Gasteiger partial charge is 0.466 e. The number of amides is 1. The molecule has 1 aromatic heterocycles. The third-order valence-corrected chi connectivity index (χ3v) is 5.21. The average Bonchev–Trinajstić information content (AvgIpc) is 3.22. The number of likely N-dealkylation sites (tertiary alicyclic amines) is 1. The molecular formula is C21H26FN3O3. The molecule has 1 aliphatic rings. The second-order valence-corrected chi connectivity index (χ2v) is 7.24. The zero-order valence-corrected chi connectivity index (χ0v) is 16.1. The molecule has 0 saturated carbocycles. The summed E-state index contributed by atoms with van der Waals surface area (Å²) in [4.78, 5) is 27.4. The molecular weight excluding hydrogens is 361 g/mol. The maximum absolute atomic E-state index is 13.3. The maximum Gasteiger partial charge on any atom is 0.314 e. The molecule has 0 spiro atoms. The van der Waals surface area contributed by atoms with E-state index in [1.54, 1.807) is 34.8 Å². The molecule has 0 bridgehead atoms. The number of hydrogen-bond donors (Lipinski definition) is 0. The van der Waals surface area contributed by atoms with Gasteiger partial charge in [0.1, 0.15) is 5.82 Å². The van der Waals surface area contributed by atoms with Gasteiger partial charge in [-0.3, -0.25) is 14.3 Å². The number of carbonyl (C=O) groups excluding carboxylic acids is 2. The van der Waals surface area contributed by atoms with E-state index in [1.807, 2.05) is 12.3 Å². The van der Waals surface area contributed by atoms with Gasteiger partial charge < -0.3 is 9.64 Å². The summed E-state index contributed by atoms with van der Waals surface area (Å²) in [5.41, 5.74) is 0.0632. The molecule has 1 atom stereocenters. The lowest BCUT2D eigenvalue weighted by atomic mass is 9.75. The van der Waals surface area contributed by atoms with Gasteiger partial charge in [-0.15, -0.1) is 0 Å². The Labute approximate surface area is 164 Å². The predicted octanol–water partition coefficient (Wildman–Crippen LogP) is 2.83. The minimum Gasteiger partial charge on any atom is -0.466 e. The molecule has 0 radical (unpaired) electrons. The molecule has 0 unspecified atom stereocenters. The number of hydrogen-bond acceptors (Lipinski definition) is 4. The predicted molar refractivity (Wildman–Crippen MR) is 102 cm³/mol. The average molecular weight is 387 g/mol. The lowest BCUT2D eigenvalue weighted by Crippen LogP contribution is -2.51. The van der Waals surface area contributed by atoms with Crippen LogP contribution in [0.3, 0.4) is 0 Å². The van der Waals surface area contributed by atoms with Crippen molar-refractivity contribution in [3.05, 3.63) is 54.1 Å². The first-order chi connectivity index (χ1) is 13.5. The van der Waals surface area contributed by atoms with E-state index in [0.29, 0.717) is 38.9 Å². The van der Waals surface area contributed by atoms with Crippen molar-refractivity contribution < 1.29 is 18.7 Å². The molecule has 1 aliphatic heterocycles. The number of aromatic nitrogens is 2. The number of piperidine rings is 1. The lowest BCUT2D eigenvalue weighted by Gasteiger charge is -2.41. The van der Waals surface area contributed by atoms with Gasteiger partial charge >= 0.3 is 5.97 Å². The van der Waals surface area contributed by atoms with Gasteiger partial charge in [0, 0.05) is 38.4 Å². The van der Waals surface area contributed by atoms with E-state index in [1.165, 1.54) is 12.1 Å². The summed E-state index contributed by atoms with van der Waals surface area (Å²) in [5.74, 6) is -0.597. The van der Waals surface area contributed by atoms with Crippen LogP contribution >= 0.6 is 0 Å². The zero-order valence-electron chi connectivity index (χ0n) is 16.1. The highest BCUT2D eigenvalue weighted by Crippen LogP contribution is 2.35. The molecule has 3 rings (SSSR count). The van der Waals surface area contributed by atoms with Gasteiger partial charge in [-0.1, -0.05) is 12.1 Å². The molecule has 0 aliphatic carbocycles. The Hall–Kier alpha value is -2.70. The molecule has 2 heterocycles. The summed E-state index contributed by atoms with van der Waals surface area (Å²) in [6.45, 7) is 3.52. The highest BCUT2D eigenvalue weighted by molar-refractivity contribution is 5.81. The minimum absolute atomic E-state index is 0.00276. The summed E-state index contributed by atoms with van der Waals surface area (Å²) in [6, 6.07) is 7.98. The molecule has 1 fully saturated rings. The second kappa shape index (κ2) is 8.99. The third kappa shape index (κ3) is 4.77. The molecule has 150 valence electrons.